The number of fused-ring (bicyclic) bond motifs is 3. The minimum atomic E-state index is -0.721. The molecule has 4 rings (SSSR count). The Morgan fingerprint density at radius 3 is 2.78 bits per heavy atom. The van der Waals surface area contributed by atoms with Crippen LogP contribution in [0.4, 0.5) is 5.69 Å². The lowest BCUT2D eigenvalue weighted by atomic mass is 9.72. The van der Waals surface area contributed by atoms with Gasteiger partial charge in [-0.25, -0.2) is 4.98 Å². The van der Waals surface area contributed by atoms with Crippen LogP contribution in [-0.2, 0) is 17.6 Å². The molecule has 2 atom stereocenters. The fourth-order valence-corrected chi connectivity index (χ4v) is 5.83. The number of benzene rings is 1. The van der Waals surface area contributed by atoms with Gasteiger partial charge in [0.15, 0.2) is 0 Å². The number of nitrogens with one attached hydrogen (secondary N) is 1. The van der Waals surface area contributed by atoms with Gasteiger partial charge in [0.05, 0.1) is 23.8 Å². The van der Waals surface area contributed by atoms with Gasteiger partial charge in [0, 0.05) is 10.6 Å². The molecular weight excluding hydrogens is 446 g/mol. The predicted molar refractivity (Wildman–Crippen MR) is 130 cm³/mol. The van der Waals surface area contributed by atoms with E-state index in [1.54, 1.807) is 36.5 Å². The number of aromatic nitrogens is 2. The fourth-order valence-electron chi connectivity index (χ4n) is 4.31. The van der Waals surface area contributed by atoms with Crippen LogP contribution >= 0.6 is 22.9 Å². The number of hydrogen-bond donors (Lipinski definition) is 1. The molecule has 1 amide bonds. The maximum atomic E-state index is 13.4. The molecular formula is C24H28ClN3O3S. The Labute approximate surface area is 196 Å². The Balaban J connectivity index is 1.62. The lowest BCUT2D eigenvalue weighted by Gasteiger charge is -2.33. The number of amides is 1. The molecule has 1 aromatic carbocycles. The smallest absolute Gasteiger partial charge is 0.263 e. The Hall–Kier alpha value is -2.38. The summed E-state index contributed by atoms with van der Waals surface area (Å²) in [5.74, 6) is 0.803. The van der Waals surface area contributed by atoms with Crippen molar-refractivity contribution < 1.29 is 9.53 Å². The van der Waals surface area contributed by atoms with E-state index in [0.29, 0.717) is 27.8 Å². The molecule has 3 aromatic rings. The largest absolute Gasteiger partial charge is 0.495 e. The average Bonchev–Trinajstić information content (AvgIpc) is 3.11. The Morgan fingerprint density at radius 2 is 2.12 bits per heavy atom. The lowest BCUT2D eigenvalue weighted by molar-refractivity contribution is -0.118. The molecule has 2 heterocycles. The van der Waals surface area contributed by atoms with Gasteiger partial charge in [-0.15, -0.1) is 11.3 Å². The SMILES string of the molecule is COc1ccc(NC(=O)C(C)n2cnc3sc4c(c3c2=O)CCC(C(C)(C)C)C4)cc1Cl. The van der Waals surface area contributed by atoms with E-state index < -0.39 is 6.04 Å². The monoisotopic (exact) mass is 473 g/mol. The summed E-state index contributed by atoms with van der Waals surface area (Å²) >= 11 is 7.77. The summed E-state index contributed by atoms with van der Waals surface area (Å²) in [6, 6.07) is 4.29. The summed E-state index contributed by atoms with van der Waals surface area (Å²) in [6.45, 7) is 8.52. The Kier molecular flexibility index (Phi) is 6.07. The van der Waals surface area contributed by atoms with E-state index in [1.165, 1.54) is 22.9 Å². The molecule has 1 N–H and O–H groups in total. The summed E-state index contributed by atoms with van der Waals surface area (Å²) in [5, 5.41) is 3.90. The summed E-state index contributed by atoms with van der Waals surface area (Å²) in [5.41, 5.74) is 1.73. The van der Waals surface area contributed by atoms with Crippen molar-refractivity contribution in [2.45, 2.75) is 53.0 Å². The van der Waals surface area contributed by atoms with Crippen LogP contribution in [0.3, 0.4) is 0 Å². The van der Waals surface area contributed by atoms with Crippen LogP contribution < -0.4 is 15.6 Å². The highest BCUT2D eigenvalue weighted by Gasteiger charge is 2.32. The van der Waals surface area contributed by atoms with E-state index in [-0.39, 0.29) is 16.9 Å². The highest BCUT2D eigenvalue weighted by Crippen LogP contribution is 2.42. The number of carbonyl (C=O) groups excluding carboxylic acids is 1. The number of ether oxygens (including phenoxy) is 1. The molecule has 6 nitrogen and oxygen atoms in total. The highest BCUT2D eigenvalue weighted by atomic mass is 35.5. The van der Waals surface area contributed by atoms with Gasteiger partial charge in [-0.05, 0) is 61.3 Å². The quantitative estimate of drug-likeness (QED) is 0.545. The lowest BCUT2D eigenvalue weighted by Crippen LogP contribution is -2.32. The van der Waals surface area contributed by atoms with Crippen LogP contribution in [0.25, 0.3) is 10.2 Å². The third kappa shape index (κ3) is 4.16. The second-order valence-corrected chi connectivity index (χ2v) is 11.0. The second kappa shape index (κ2) is 8.52. The standard InChI is InChI=1S/C24H28ClN3O3S/c1-13(21(29)27-15-7-9-18(31-5)17(25)11-15)28-12-26-22-20(23(28)30)16-8-6-14(24(2,3)4)10-19(16)32-22/h7,9,11-14H,6,8,10H2,1-5H3,(H,27,29). The molecule has 1 aliphatic carbocycles. The van der Waals surface area contributed by atoms with Crippen molar-refractivity contribution in [3.63, 3.8) is 0 Å². The van der Waals surface area contributed by atoms with E-state index >= 15 is 0 Å². The zero-order chi connectivity index (χ0) is 23.2. The zero-order valence-corrected chi connectivity index (χ0v) is 20.6. The molecule has 0 spiro atoms. The molecule has 0 fully saturated rings. The van der Waals surface area contributed by atoms with Gasteiger partial charge in [0.1, 0.15) is 16.6 Å². The summed E-state index contributed by atoms with van der Waals surface area (Å²) in [4.78, 5) is 32.8. The molecule has 0 bridgehead atoms. The van der Waals surface area contributed by atoms with Gasteiger partial charge >= 0.3 is 0 Å². The van der Waals surface area contributed by atoms with Crippen molar-refractivity contribution in [2.75, 3.05) is 12.4 Å². The molecule has 8 heteroatoms. The number of nitrogens with zero attached hydrogens (tertiary/aromatic N) is 2. The number of halogens is 1. The van der Waals surface area contributed by atoms with E-state index in [2.05, 4.69) is 31.1 Å². The Bertz CT molecular complexity index is 1240. The third-order valence-electron chi connectivity index (χ3n) is 6.44. The molecule has 1 aliphatic rings. The molecule has 0 radical (unpaired) electrons. The van der Waals surface area contributed by atoms with Crippen LogP contribution in [0.1, 0.15) is 50.6 Å². The van der Waals surface area contributed by atoms with Gasteiger partial charge in [0.2, 0.25) is 5.91 Å². The topological polar surface area (TPSA) is 73.2 Å². The number of aryl methyl sites for hydroxylation is 1. The van der Waals surface area contributed by atoms with Gasteiger partial charge in [-0.1, -0.05) is 32.4 Å². The molecule has 32 heavy (non-hydrogen) atoms. The Morgan fingerprint density at radius 1 is 1.38 bits per heavy atom. The first kappa shape index (κ1) is 22.8. The molecule has 2 unspecified atom stereocenters. The number of hydrogen-bond acceptors (Lipinski definition) is 5. The molecule has 0 saturated heterocycles. The van der Waals surface area contributed by atoms with Crippen LogP contribution in [0.15, 0.2) is 29.3 Å². The number of thiophene rings is 1. The van der Waals surface area contributed by atoms with Crippen molar-refractivity contribution in [3.05, 3.63) is 50.3 Å². The van der Waals surface area contributed by atoms with Gasteiger partial charge < -0.3 is 10.1 Å². The average molecular weight is 474 g/mol. The number of anilines is 1. The number of carbonyl (C=O) groups is 1. The normalized spacial score (nSPS) is 17.1. The zero-order valence-electron chi connectivity index (χ0n) is 19.0. The van der Waals surface area contributed by atoms with Crippen LogP contribution in [0.5, 0.6) is 5.75 Å². The van der Waals surface area contributed by atoms with E-state index in [1.807, 2.05) is 0 Å². The first-order valence-corrected chi connectivity index (χ1v) is 12.0. The van der Waals surface area contributed by atoms with E-state index in [0.717, 1.165) is 29.7 Å². The van der Waals surface area contributed by atoms with Crippen molar-refractivity contribution in [1.29, 1.82) is 0 Å². The highest BCUT2D eigenvalue weighted by molar-refractivity contribution is 7.18. The minimum Gasteiger partial charge on any atom is -0.495 e. The van der Waals surface area contributed by atoms with Gasteiger partial charge in [-0.2, -0.15) is 0 Å². The predicted octanol–water partition coefficient (Wildman–Crippen LogP) is 5.47. The maximum absolute atomic E-state index is 13.4. The number of methoxy groups -OCH3 is 1. The first-order chi connectivity index (χ1) is 15.1. The van der Waals surface area contributed by atoms with Crippen LogP contribution in [0, 0.1) is 11.3 Å². The van der Waals surface area contributed by atoms with Crippen LogP contribution in [-0.4, -0.2) is 22.6 Å². The molecule has 2 aromatic heterocycles. The fraction of sp³-hybridized carbons (Fsp3) is 0.458. The van der Waals surface area contributed by atoms with E-state index in [9.17, 15) is 9.59 Å². The van der Waals surface area contributed by atoms with Gasteiger partial charge in [0.25, 0.3) is 5.56 Å². The van der Waals surface area contributed by atoms with Gasteiger partial charge in [-0.3, -0.25) is 14.2 Å². The molecule has 0 saturated carbocycles. The van der Waals surface area contributed by atoms with E-state index in [4.69, 9.17) is 16.3 Å². The van der Waals surface area contributed by atoms with Crippen LogP contribution in [0.2, 0.25) is 5.02 Å². The van der Waals surface area contributed by atoms with Crippen molar-refractivity contribution in [1.82, 2.24) is 9.55 Å². The summed E-state index contributed by atoms with van der Waals surface area (Å²) < 4.78 is 6.57. The summed E-state index contributed by atoms with van der Waals surface area (Å²) in [6.07, 6.45) is 4.40. The van der Waals surface area contributed by atoms with Crippen molar-refractivity contribution in [2.24, 2.45) is 11.3 Å². The maximum Gasteiger partial charge on any atom is 0.263 e. The minimum absolute atomic E-state index is 0.155. The van der Waals surface area contributed by atoms with Crippen molar-refractivity contribution >= 4 is 44.7 Å². The first-order valence-electron chi connectivity index (χ1n) is 10.8. The summed E-state index contributed by atoms with van der Waals surface area (Å²) in [7, 11) is 1.53. The second-order valence-electron chi connectivity index (χ2n) is 9.46. The third-order valence-corrected chi connectivity index (χ3v) is 7.89. The molecule has 170 valence electrons. The van der Waals surface area contributed by atoms with Crippen molar-refractivity contribution in [3.8, 4) is 5.75 Å². The number of rotatable bonds is 4. The molecule has 0 aliphatic heterocycles.